The molecule has 1 rings (SSSR count). The standard InChI is InChI=1S/C21H33ClF3N5O4/c1-19(2,3)17(31)28-15-10-12(16(22)30-29-15)13(8-9-33-7)26-11-14(21(23,24)25)27-18(32)34-20(4,5)6/h10,13-14,26H,8-9,11H2,1-7H3,(H,27,32)(H,28,29,31)/t13-,14+/m1/s1. The summed E-state index contributed by atoms with van der Waals surface area (Å²) in [6.07, 6.45) is -5.71. The van der Waals surface area contributed by atoms with Gasteiger partial charge in [0.15, 0.2) is 11.0 Å². The molecular formula is C21H33ClF3N5O4. The molecule has 13 heteroatoms. The molecule has 0 saturated carbocycles. The third kappa shape index (κ3) is 10.4. The van der Waals surface area contributed by atoms with Gasteiger partial charge in [-0.2, -0.15) is 13.2 Å². The molecule has 1 heterocycles. The van der Waals surface area contributed by atoms with E-state index in [0.29, 0.717) is 5.56 Å². The van der Waals surface area contributed by atoms with Crippen molar-refractivity contribution in [2.75, 3.05) is 25.6 Å². The maximum absolute atomic E-state index is 13.6. The smallest absolute Gasteiger partial charge is 0.409 e. The van der Waals surface area contributed by atoms with Crippen molar-refractivity contribution < 1.29 is 32.2 Å². The predicted molar refractivity (Wildman–Crippen MR) is 122 cm³/mol. The van der Waals surface area contributed by atoms with Gasteiger partial charge in [0.05, 0.1) is 0 Å². The zero-order valence-corrected chi connectivity index (χ0v) is 21.1. The first kappa shape index (κ1) is 29.9. The molecule has 0 aliphatic heterocycles. The van der Waals surface area contributed by atoms with Crippen LogP contribution in [0.25, 0.3) is 0 Å². The fourth-order valence-electron chi connectivity index (χ4n) is 2.56. The summed E-state index contributed by atoms with van der Waals surface area (Å²) in [5, 5.41) is 14.8. The second kappa shape index (κ2) is 12.0. The van der Waals surface area contributed by atoms with Gasteiger partial charge in [-0.15, -0.1) is 10.2 Å². The Morgan fingerprint density at radius 2 is 1.74 bits per heavy atom. The van der Waals surface area contributed by atoms with Crippen molar-refractivity contribution in [1.29, 1.82) is 0 Å². The topological polar surface area (TPSA) is 114 Å². The molecule has 3 N–H and O–H groups in total. The van der Waals surface area contributed by atoms with Crippen LogP contribution in [0, 0.1) is 5.41 Å². The minimum Gasteiger partial charge on any atom is -0.444 e. The van der Waals surface area contributed by atoms with Crippen LogP contribution in [0.2, 0.25) is 5.15 Å². The lowest BCUT2D eigenvalue weighted by atomic mass is 9.96. The molecule has 34 heavy (non-hydrogen) atoms. The molecule has 2 atom stereocenters. The highest BCUT2D eigenvalue weighted by Crippen LogP contribution is 2.27. The molecule has 0 aliphatic carbocycles. The Hall–Kier alpha value is -2.18. The maximum Gasteiger partial charge on any atom is 0.409 e. The fourth-order valence-corrected chi connectivity index (χ4v) is 2.79. The first-order valence-corrected chi connectivity index (χ1v) is 10.9. The zero-order valence-electron chi connectivity index (χ0n) is 20.4. The molecule has 1 aromatic heterocycles. The number of ether oxygens (including phenoxy) is 2. The van der Waals surface area contributed by atoms with E-state index in [1.54, 1.807) is 41.5 Å². The number of nitrogens with one attached hydrogen (secondary N) is 3. The van der Waals surface area contributed by atoms with Crippen LogP contribution in [-0.2, 0) is 14.3 Å². The van der Waals surface area contributed by atoms with Gasteiger partial charge in [-0.25, -0.2) is 4.79 Å². The third-order valence-corrected chi connectivity index (χ3v) is 4.63. The minimum atomic E-state index is -4.75. The molecule has 0 aromatic carbocycles. The SMILES string of the molecule is COCC[C@@H](NC[C@H](NC(=O)OC(C)(C)C)C(F)(F)F)c1cc(NC(=O)C(C)(C)C)nnc1Cl. The van der Waals surface area contributed by atoms with Crippen molar-refractivity contribution in [3.63, 3.8) is 0 Å². The van der Waals surface area contributed by atoms with Crippen molar-refractivity contribution in [3.05, 3.63) is 16.8 Å². The number of methoxy groups -OCH3 is 1. The van der Waals surface area contributed by atoms with Crippen LogP contribution in [0.15, 0.2) is 6.07 Å². The van der Waals surface area contributed by atoms with Crippen LogP contribution in [0.1, 0.15) is 59.6 Å². The average molecular weight is 512 g/mol. The zero-order chi connectivity index (χ0) is 26.3. The van der Waals surface area contributed by atoms with Crippen molar-refractivity contribution in [2.24, 2.45) is 5.41 Å². The summed E-state index contributed by atoms with van der Waals surface area (Å²) in [7, 11) is 1.45. The monoisotopic (exact) mass is 511 g/mol. The summed E-state index contributed by atoms with van der Waals surface area (Å²) in [6.45, 7) is 9.28. The number of halogens is 4. The molecule has 0 saturated heterocycles. The highest BCUT2D eigenvalue weighted by molar-refractivity contribution is 6.30. The predicted octanol–water partition coefficient (Wildman–Crippen LogP) is 4.24. The lowest BCUT2D eigenvalue weighted by Gasteiger charge is -2.27. The van der Waals surface area contributed by atoms with E-state index in [4.69, 9.17) is 21.1 Å². The number of amides is 2. The molecule has 2 amide bonds. The van der Waals surface area contributed by atoms with E-state index < -0.39 is 41.9 Å². The molecule has 9 nitrogen and oxygen atoms in total. The van der Waals surface area contributed by atoms with Gasteiger partial charge in [0.2, 0.25) is 5.91 Å². The van der Waals surface area contributed by atoms with Gasteiger partial charge in [0, 0.05) is 37.3 Å². The van der Waals surface area contributed by atoms with Crippen LogP contribution in [0.4, 0.5) is 23.8 Å². The summed E-state index contributed by atoms with van der Waals surface area (Å²) in [5.74, 6) is -0.224. The summed E-state index contributed by atoms with van der Waals surface area (Å²) >= 11 is 6.18. The number of aromatic nitrogens is 2. The summed E-state index contributed by atoms with van der Waals surface area (Å²) in [6, 6.07) is -1.55. The Labute approximate surface area is 202 Å². The second-order valence-electron chi connectivity index (χ2n) is 9.66. The van der Waals surface area contributed by atoms with E-state index in [0.717, 1.165) is 0 Å². The van der Waals surface area contributed by atoms with Gasteiger partial charge in [-0.05, 0) is 33.3 Å². The van der Waals surface area contributed by atoms with E-state index >= 15 is 0 Å². The molecule has 1 aromatic rings. The Morgan fingerprint density at radius 1 is 1.12 bits per heavy atom. The van der Waals surface area contributed by atoms with Gasteiger partial charge in [0.1, 0.15) is 11.6 Å². The maximum atomic E-state index is 13.6. The highest BCUT2D eigenvalue weighted by Gasteiger charge is 2.41. The van der Waals surface area contributed by atoms with Gasteiger partial charge in [-0.3, -0.25) is 4.79 Å². The number of carbonyl (C=O) groups is 2. The minimum absolute atomic E-state index is 0.0500. The Balaban J connectivity index is 3.11. The van der Waals surface area contributed by atoms with Crippen molar-refractivity contribution in [2.45, 2.75) is 71.8 Å². The number of hydrogen-bond donors (Lipinski definition) is 3. The van der Waals surface area contributed by atoms with E-state index in [9.17, 15) is 22.8 Å². The number of hydrogen-bond acceptors (Lipinski definition) is 7. The normalized spacial score (nSPS) is 14.3. The molecule has 194 valence electrons. The molecule has 0 bridgehead atoms. The number of alkyl carbamates (subject to hydrolysis) is 1. The van der Waals surface area contributed by atoms with E-state index in [1.165, 1.54) is 13.2 Å². The number of alkyl halides is 3. The number of nitrogens with zero attached hydrogens (tertiary/aromatic N) is 2. The Bertz CT molecular complexity index is 841. The second-order valence-corrected chi connectivity index (χ2v) is 10.0. The van der Waals surface area contributed by atoms with Crippen LogP contribution in [0.5, 0.6) is 0 Å². The van der Waals surface area contributed by atoms with E-state index in [2.05, 4.69) is 20.8 Å². The molecule has 0 fully saturated rings. The summed E-state index contributed by atoms with van der Waals surface area (Å²) in [4.78, 5) is 24.2. The lowest BCUT2D eigenvalue weighted by molar-refractivity contribution is -0.154. The lowest BCUT2D eigenvalue weighted by Crippen LogP contribution is -2.52. The summed E-state index contributed by atoms with van der Waals surface area (Å²) in [5.41, 5.74) is -1.35. The number of rotatable bonds is 9. The molecule has 0 aliphatic rings. The summed E-state index contributed by atoms with van der Waals surface area (Å²) < 4.78 is 50.8. The van der Waals surface area contributed by atoms with Crippen molar-refractivity contribution >= 4 is 29.4 Å². The van der Waals surface area contributed by atoms with Crippen LogP contribution < -0.4 is 16.0 Å². The first-order valence-electron chi connectivity index (χ1n) is 10.6. The first-order chi connectivity index (χ1) is 15.4. The molecular weight excluding hydrogens is 479 g/mol. The largest absolute Gasteiger partial charge is 0.444 e. The average Bonchev–Trinajstić information content (AvgIpc) is 2.65. The molecule has 0 spiro atoms. The number of anilines is 1. The Kier molecular flexibility index (Phi) is 10.5. The van der Waals surface area contributed by atoms with E-state index in [1.807, 2.05) is 5.32 Å². The highest BCUT2D eigenvalue weighted by atomic mass is 35.5. The third-order valence-electron chi connectivity index (χ3n) is 4.34. The molecule has 0 radical (unpaired) electrons. The van der Waals surface area contributed by atoms with Crippen LogP contribution in [0.3, 0.4) is 0 Å². The van der Waals surface area contributed by atoms with Crippen molar-refractivity contribution in [1.82, 2.24) is 20.8 Å². The Morgan fingerprint density at radius 3 is 2.24 bits per heavy atom. The van der Waals surface area contributed by atoms with Crippen LogP contribution in [-0.4, -0.2) is 60.3 Å². The van der Waals surface area contributed by atoms with Gasteiger partial charge >= 0.3 is 12.3 Å². The number of carbonyl (C=O) groups excluding carboxylic acids is 2. The van der Waals surface area contributed by atoms with E-state index in [-0.39, 0.29) is 29.9 Å². The quantitative estimate of drug-likeness (QED) is 0.454. The van der Waals surface area contributed by atoms with Gasteiger partial charge < -0.3 is 25.4 Å². The molecule has 0 unspecified atom stereocenters. The fraction of sp³-hybridized carbons (Fsp3) is 0.714. The van der Waals surface area contributed by atoms with Crippen LogP contribution >= 0.6 is 11.6 Å². The van der Waals surface area contributed by atoms with Gasteiger partial charge in [-0.1, -0.05) is 32.4 Å². The van der Waals surface area contributed by atoms with Gasteiger partial charge in [0.25, 0.3) is 0 Å². The van der Waals surface area contributed by atoms with Crippen molar-refractivity contribution in [3.8, 4) is 0 Å².